The van der Waals surface area contributed by atoms with Gasteiger partial charge in [0.25, 0.3) is 5.56 Å². The highest BCUT2D eigenvalue weighted by atomic mass is 16.1. The van der Waals surface area contributed by atoms with Crippen molar-refractivity contribution in [2.45, 2.75) is 20.8 Å². The molecular formula is C9H14N4O. The van der Waals surface area contributed by atoms with Crippen molar-refractivity contribution in [3.05, 3.63) is 28.6 Å². The number of aryl methyl sites for hydroxylation is 2. The number of nitrogens with zero attached hydrogens (tertiary/aromatic N) is 4. The molecule has 2 rings (SSSR count). The van der Waals surface area contributed by atoms with E-state index in [0.29, 0.717) is 5.65 Å². The molecule has 0 amide bonds. The first-order valence-electron chi connectivity index (χ1n) is 4.56. The predicted octanol–water partition coefficient (Wildman–Crippen LogP) is 0.763. The van der Waals surface area contributed by atoms with Crippen LogP contribution in [0, 0.1) is 6.92 Å². The molecule has 0 fully saturated rings. The maximum absolute atomic E-state index is 11.4. The van der Waals surface area contributed by atoms with E-state index in [4.69, 9.17) is 0 Å². The van der Waals surface area contributed by atoms with Crippen LogP contribution >= 0.6 is 0 Å². The summed E-state index contributed by atoms with van der Waals surface area (Å²) in [6.07, 6.45) is 3.19. The molecule has 0 aliphatic heterocycles. The molecule has 2 aromatic heterocycles. The number of imidazole rings is 1. The molecule has 5 nitrogen and oxygen atoms in total. The van der Waals surface area contributed by atoms with Crippen molar-refractivity contribution in [2.75, 3.05) is 0 Å². The third kappa shape index (κ3) is 1.66. The molecule has 0 saturated heterocycles. The normalized spacial score (nSPS) is 9.71. The van der Waals surface area contributed by atoms with Gasteiger partial charge in [0, 0.05) is 7.05 Å². The van der Waals surface area contributed by atoms with Crippen LogP contribution in [-0.4, -0.2) is 19.2 Å². The summed E-state index contributed by atoms with van der Waals surface area (Å²) in [6.45, 7) is 5.83. The summed E-state index contributed by atoms with van der Waals surface area (Å²) in [7, 11) is 1.65. The molecule has 5 heteroatoms. The van der Waals surface area contributed by atoms with E-state index < -0.39 is 0 Å². The number of aromatic nitrogens is 4. The molecule has 0 aromatic carbocycles. The number of hydrogen-bond acceptors (Lipinski definition) is 3. The van der Waals surface area contributed by atoms with Gasteiger partial charge in [-0.2, -0.15) is 5.10 Å². The smallest absolute Gasteiger partial charge is 0.296 e. The fraction of sp³-hybridized carbons (Fsp3) is 0.444. The van der Waals surface area contributed by atoms with Gasteiger partial charge in [-0.15, -0.1) is 0 Å². The summed E-state index contributed by atoms with van der Waals surface area (Å²) in [5.74, 6) is 0. The second kappa shape index (κ2) is 4.04. The van der Waals surface area contributed by atoms with E-state index in [1.54, 1.807) is 13.2 Å². The van der Waals surface area contributed by atoms with Gasteiger partial charge in [0.2, 0.25) is 5.65 Å². The molecule has 0 bridgehead atoms. The molecule has 0 unspecified atom stereocenters. The lowest BCUT2D eigenvalue weighted by molar-refractivity contribution is 0.760. The first-order valence-corrected chi connectivity index (χ1v) is 4.56. The third-order valence-electron chi connectivity index (χ3n) is 1.67. The highest BCUT2D eigenvalue weighted by molar-refractivity contribution is 5.34. The van der Waals surface area contributed by atoms with E-state index in [0.717, 1.165) is 5.69 Å². The van der Waals surface area contributed by atoms with Crippen molar-refractivity contribution in [2.24, 2.45) is 7.05 Å². The summed E-state index contributed by atoms with van der Waals surface area (Å²) < 4.78 is 2.89. The number of hydrogen-bond donors (Lipinski definition) is 0. The Labute approximate surface area is 82.0 Å². The second-order valence-corrected chi connectivity index (χ2v) is 2.70. The van der Waals surface area contributed by atoms with Crippen LogP contribution in [0.4, 0.5) is 0 Å². The van der Waals surface area contributed by atoms with Crippen molar-refractivity contribution in [3.8, 4) is 0 Å². The van der Waals surface area contributed by atoms with E-state index in [1.165, 1.54) is 15.4 Å². The lowest BCUT2D eigenvalue weighted by atomic mass is 10.6. The maximum Gasteiger partial charge on any atom is 0.296 e. The molecule has 0 aliphatic rings. The fourth-order valence-electron chi connectivity index (χ4n) is 1.06. The van der Waals surface area contributed by atoms with Crippen LogP contribution in [0.25, 0.3) is 5.65 Å². The van der Waals surface area contributed by atoms with E-state index in [1.807, 2.05) is 20.8 Å². The fourth-order valence-corrected chi connectivity index (χ4v) is 1.06. The van der Waals surface area contributed by atoms with E-state index in [-0.39, 0.29) is 5.56 Å². The summed E-state index contributed by atoms with van der Waals surface area (Å²) in [5.41, 5.74) is 1.04. The van der Waals surface area contributed by atoms with Gasteiger partial charge in [0.1, 0.15) is 6.33 Å². The van der Waals surface area contributed by atoms with Crippen LogP contribution in [0.1, 0.15) is 19.5 Å². The third-order valence-corrected chi connectivity index (χ3v) is 1.67. The highest BCUT2D eigenvalue weighted by Crippen LogP contribution is 1.94. The summed E-state index contributed by atoms with van der Waals surface area (Å²) in [5, 5.41) is 3.98. The molecule has 0 N–H and O–H groups in total. The molecule has 2 aromatic rings. The first-order chi connectivity index (χ1) is 6.68. The van der Waals surface area contributed by atoms with E-state index >= 15 is 0 Å². The standard InChI is InChI=1S/C7H8N4O.C2H6/c1-5-3-11-6(9-5)7(12)10(2)4-8-11;1-2/h3-4H,1-2H3;1-2H3. The van der Waals surface area contributed by atoms with Crippen LogP contribution in [0.2, 0.25) is 0 Å². The quantitative estimate of drug-likeness (QED) is 0.622. The topological polar surface area (TPSA) is 52.2 Å². The van der Waals surface area contributed by atoms with Crippen LogP contribution in [-0.2, 0) is 7.05 Å². The van der Waals surface area contributed by atoms with Gasteiger partial charge in [0.05, 0.1) is 11.9 Å². The zero-order chi connectivity index (χ0) is 10.7. The Hall–Kier alpha value is -1.65. The SMILES string of the molecule is CC.Cc1cn2ncn(C)c(=O)c2n1. The summed E-state index contributed by atoms with van der Waals surface area (Å²) in [6, 6.07) is 0. The van der Waals surface area contributed by atoms with Gasteiger partial charge in [-0.1, -0.05) is 13.8 Å². The molecule has 0 radical (unpaired) electrons. The van der Waals surface area contributed by atoms with E-state index in [2.05, 4.69) is 10.1 Å². The van der Waals surface area contributed by atoms with Gasteiger partial charge >= 0.3 is 0 Å². The van der Waals surface area contributed by atoms with Crippen LogP contribution in [0.3, 0.4) is 0 Å². The number of fused-ring (bicyclic) bond motifs is 1. The lowest BCUT2D eigenvalue weighted by Crippen LogP contribution is -2.19. The van der Waals surface area contributed by atoms with Crippen molar-refractivity contribution < 1.29 is 0 Å². The second-order valence-electron chi connectivity index (χ2n) is 2.70. The van der Waals surface area contributed by atoms with Crippen LogP contribution in [0.15, 0.2) is 17.3 Å². The minimum Gasteiger partial charge on any atom is -0.298 e. The first kappa shape index (κ1) is 10.4. The van der Waals surface area contributed by atoms with Crippen molar-refractivity contribution >= 4 is 5.65 Å². The van der Waals surface area contributed by atoms with Gasteiger partial charge in [-0.25, -0.2) is 9.50 Å². The molecule has 0 atom stereocenters. The largest absolute Gasteiger partial charge is 0.298 e. The molecule has 0 spiro atoms. The summed E-state index contributed by atoms with van der Waals surface area (Å²) >= 11 is 0. The molecule has 76 valence electrons. The van der Waals surface area contributed by atoms with Crippen LogP contribution in [0.5, 0.6) is 0 Å². The van der Waals surface area contributed by atoms with E-state index in [9.17, 15) is 4.79 Å². The Kier molecular flexibility index (Phi) is 3.01. The monoisotopic (exact) mass is 194 g/mol. The summed E-state index contributed by atoms with van der Waals surface area (Å²) in [4.78, 5) is 15.4. The molecular weight excluding hydrogens is 180 g/mol. The minimum atomic E-state index is -0.127. The zero-order valence-electron chi connectivity index (χ0n) is 8.85. The van der Waals surface area contributed by atoms with Crippen molar-refractivity contribution in [1.82, 2.24) is 19.2 Å². The molecule has 0 saturated carbocycles. The zero-order valence-corrected chi connectivity index (χ0v) is 8.85. The highest BCUT2D eigenvalue weighted by Gasteiger charge is 2.03. The Bertz CT molecular complexity index is 483. The Morgan fingerprint density at radius 1 is 1.36 bits per heavy atom. The number of rotatable bonds is 0. The van der Waals surface area contributed by atoms with Crippen molar-refractivity contribution in [1.29, 1.82) is 0 Å². The Morgan fingerprint density at radius 2 is 2.00 bits per heavy atom. The lowest BCUT2D eigenvalue weighted by Gasteiger charge is -1.94. The predicted molar refractivity (Wildman–Crippen MR) is 54.3 cm³/mol. The maximum atomic E-state index is 11.4. The molecule has 0 aliphatic carbocycles. The average Bonchev–Trinajstić information content (AvgIpc) is 2.57. The Balaban J connectivity index is 0.000000461. The van der Waals surface area contributed by atoms with Gasteiger partial charge < -0.3 is 0 Å². The van der Waals surface area contributed by atoms with Crippen molar-refractivity contribution in [3.63, 3.8) is 0 Å². The molecule has 14 heavy (non-hydrogen) atoms. The van der Waals surface area contributed by atoms with Gasteiger partial charge in [-0.3, -0.25) is 9.36 Å². The average molecular weight is 194 g/mol. The Morgan fingerprint density at radius 3 is 2.64 bits per heavy atom. The molecule has 2 heterocycles. The minimum absolute atomic E-state index is 0.127. The van der Waals surface area contributed by atoms with Gasteiger partial charge in [-0.05, 0) is 6.92 Å². The van der Waals surface area contributed by atoms with Gasteiger partial charge in [0.15, 0.2) is 0 Å². The van der Waals surface area contributed by atoms with Crippen LogP contribution < -0.4 is 5.56 Å².